The highest BCUT2D eigenvalue weighted by Gasteiger charge is 2.73. The predicted octanol–water partition coefficient (Wildman–Crippen LogP) is 4.06. The molecule has 4 atom stereocenters. The highest BCUT2D eigenvalue weighted by Crippen LogP contribution is 2.73. The first-order chi connectivity index (χ1) is 11.8. The molecule has 3 fully saturated rings. The first kappa shape index (κ1) is 15.4. The Morgan fingerprint density at radius 3 is 2.08 bits per heavy atom. The summed E-state index contributed by atoms with van der Waals surface area (Å²) in [5, 5.41) is -0.450. The molecular weight excluding hydrogens is 355 g/mol. The molecule has 25 heavy (non-hydrogen) atoms. The zero-order valence-corrected chi connectivity index (χ0v) is 13.6. The lowest BCUT2D eigenvalue weighted by Crippen LogP contribution is -2.34. The Morgan fingerprint density at radius 1 is 1.04 bits per heavy atom. The summed E-state index contributed by atoms with van der Waals surface area (Å²) in [6, 6.07) is 3.18. The minimum absolute atomic E-state index is 0.0401. The number of carbonyl (C=O) groups is 2. The van der Waals surface area contributed by atoms with E-state index in [4.69, 9.17) is 11.6 Å². The number of allylic oxidation sites excluding steroid dienone is 2. The summed E-state index contributed by atoms with van der Waals surface area (Å²) in [7, 11) is 0. The zero-order valence-electron chi connectivity index (χ0n) is 12.9. The van der Waals surface area contributed by atoms with E-state index in [2.05, 4.69) is 0 Å². The monoisotopic (exact) mass is 367 g/mol. The van der Waals surface area contributed by atoms with Crippen molar-refractivity contribution in [3.63, 3.8) is 0 Å². The molecule has 3 nitrogen and oxygen atoms in total. The summed E-state index contributed by atoms with van der Waals surface area (Å²) < 4.78 is 39.3. The summed E-state index contributed by atoms with van der Waals surface area (Å²) in [5.74, 6) is -1.55. The number of hydrogen-bond donors (Lipinski definition) is 0. The number of alkyl halides is 3. The molecule has 3 aliphatic carbocycles. The Hall–Kier alpha value is -1.82. The van der Waals surface area contributed by atoms with Crippen molar-refractivity contribution in [3.8, 4) is 0 Å². The lowest BCUT2D eigenvalue weighted by molar-refractivity contribution is -0.137. The van der Waals surface area contributed by atoms with E-state index in [1.54, 1.807) is 0 Å². The Bertz CT molecular complexity index is 824. The topological polar surface area (TPSA) is 37.4 Å². The number of amides is 2. The largest absolute Gasteiger partial charge is 0.417 e. The summed E-state index contributed by atoms with van der Waals surface area (Å²) >= 11 is 5.64. The fourth-order valence-electron chi connectivity index (χ4n) is 5.20. The van der Waals surface area contributed by atoms with Crippen molar-refractivity contribution < 1.29 is 22.8 Å². The van der Waals surface area contributed by atoms with Gasteiger partial charge in [-0.05, 0) is 48.3 Å². The highest BCUT2D eigenvalue weighted by molar-refractivity contribution is 6.31. The molecule has 1 aromatic rings. The van der Waals surface area contributed by atoms with Crippen LogP contribution in [0.2, 0.25) is 5.02 Å². The number of imide groups is 1. The number of hydrogen-bond acceptors (Lipinski definition) is 2. The standard InChI is InChI=1S/C18H13ClF3NO2/c19-12-4-1-8(7-11(12)18(20,21)22)23-15(24)13-9-2-3-10(14(13)16(23)25)17(9)5-6-17/h1-4,7,9-10,13-14H,5-6H2/t9-,10-,13-,14+/m0/s1. The zero-order chi connectivity index (χ0) is 17.7. The van der Waals surface area contributed by atoms with Crippen LogP contribution in [-0.4, -0.2) is 11.8 Å². The number of halogens is 4. The summed E-state index contributed by atoms with van der Waals surface area (Å²) in [5.41, 5.74) is -1.03. The second-order valence-corrected chi connectivity index (χ2v) is 7.80. The highest BCUT2D eigenvalue weighted by atomic mass is 35.5. The molecule has 2 saturated carbocycles. The molecule has 1 aromatic carbocycles. The summed E-state index contributed by atoms with van der Waals surface area (Å²) in [6.07, 6.45) is 1.44. The first-order valence-corrected chi connectivity index (χ1v) is 8.56. The van der Waals surface area contributed by atoms with E-state index in [0.29, 0.717) is 0 Å². The van der Waals surface area contributed by atoms with Crippen LogP contribution in [0.25, 0.3) is 0 Å². The van der Waals surface area contributed by atoms with Crippen molar-refractivity contribution >= 4 is 29.1 Å². The smallest absolute Gasteiger partial charge is 0.274 e. The lowest BCUT2D eigenvalue weighted by atomic mass is 9.85. The molecule has 2 bridgehead atoms. The van der Waals surface area contributed by atoms with E-state index in [1.807, 2.05) is 12.2 Å². The van der Waals surface area contributed by atoms with Gasteiger partial charge in [0.25, 0.3) is 0 Å². The average Bonchev–Trinajstić information content (AvgIpc) is 3.13. The van der Waals surface area contributed by atoms with Crippen LogP contribution in [0.1, 0.15) is 18.4 Å². The molecule has 1 aliphatic heterocycles. The molecule has 2 amide bonds. The number of nitrogens with zero attached hydrogens (tertiary/aromatic N) is 1. The SMILES string of the molecule is O=C1[C@@H]2[C@H](C(=O)N1c1ccc(Cl)c(C(F)(F)F)c1)[C@@H]1C=C[C@@H]2C12CC2. The molecule has 0 radical (unpaired) electrons. The minimum Gasteiger partial charge on any atom is -0.274 e. The molecule has 1 spiro atoms. The van der Waals surface area contributed by atoms with E-state index < -0.39 is 28.6 Å². The van der Waals surface area contributed by atoms with Gasteiger partial charge in [-0.15, -0.1) is 0 Å². The molecule has 5 rings (SSSR count). The van der Waals surface area contributed by atoms with Crippen molar-refractivity contribution in [2.45, 2.75) is 19.0 Å². The van der Waals surface area contributed by atoms with Gasteiger partial charge in [-0.3, -0.25) is 14.5 Å². The molecule has 1 heterocycles. The Labute approximate surface area is 146 Å². The summed E-state index contributed by atoms with van der Waals surface area (Å²) in [6.45, 7) is 0. The van der Waals surface area contributed by atoms with Crippen LogP contribution in [0.15, 0.2) is 30.4 Å². The van der Waals surface area contributed by atoms with E-state index in [0.717, 1.165) is 29.9 Å². The second kappa shape index (κ2) is 4.47. The fourth-order valence-corrected chi connectivity index (χ4v) is 5.43. The third-order valence-electron chi connectivity index (χ3n) is 6.37. The molecule has 0 unspecified atom stereocenters. The lowest BCUT2D eigenvalue weighted by Gasteiger charge is -2.22. The van der Waals surface area contributed by atoms with E-state index in [9.17, 15) is 22.8 Å². The Morgan fingerprint density at radius 2 is 1.60 bits per heavy atom. The Kier molecular flexibility index (Phi) is 2.76. The van der Waals surface area contributed by atoms with E-state index in [-0.39, 0.29) is 34.8 Å². The minimum atomic E-state index is -4.65. The maximum Gasteiger partial charge on any atom is 0.417 e. The van der Waals surface area contributed by atoms with Gasteiger partial charge in [0, 0.05) is 0 Å². The van der Waals surface area contributed by atoms with Gasteiger partial charge in [0.05, 0.1) is 28.1 Å². The van der Waals surface area contributed by atoms with Crippen LogP contribution in [0.3, 0.4) is 0 Å². The molecule has 130 valence electrons. The Balaban J connectivity index is 1.56. The van der Waals surface area contributed by atoms with Crippen molar-refractivity contribution in [3.05, 3.63) is 40.9 Å². The van der Waals surface area contributed by atoms with Crippen molar-refractivity contribution in [2.75, 3.05) is 4.90 Å². The molecular formula is C18H13ClF3NO2. The normalized spacial score (nSPS) is 34.3. The van der Waals surface area contributed by atoms with Gasteiger partial charge in [0.15, 0.2) is 0 Å². The summed E-state index contributed by atoms with van der Waals surface area (Å²) in [4.78, 5) is 26.7. The van der Waals surface area contributed by atoms with Crippen LogP contribution in [0.4, 0.5) is 18.9 Å². The van der Waals surface area contributed by atoms with Crippen LogP contribution >= 0.6 is 11.6 Å². The van der Waals surface area contributed by atoms with Gasteiger partial charge in [0.2, 0.25) is 11.8 Å². The second-order valence-electron chi connectivity index (χ2n) is 7.39. The average molecular weight is 368 g/mol. The van der Waals surface area contributed by atoms with Crippen LogP contribution in [0, 0.1) is 29.1 Å². The van der Waals surface area contributed by atoms with Gasteiger partial charge in [-0.2, -0.15) is 13.2 Å². The van der Waals surface area contributed by atoms with Gasteiger partial charge in [-0.25, -0.2) is 0 Å². The van der Waals surface area contributed by atoms with Gasteiger partial charge in [0.1, 0.15) is 0 Å². The van der Waals surface area contributed by atoms with Crippen molar-refractivity contribution in [1.82, 2.24) is 0 Å². The predicted molar refractivity (Wildman–Crippen MR) is 83.7 cm³/mol. The molecule has 1 saturated heterocycles. The fraction of sp³-hybridized carbons (Fsp3) is 0.444. The maximum atomic E-state index is 13.1. The van der Waals surface area contributed by atoms with E-state index >= 15 is 0 Å². The molecule has 7 heteroatoms. The number of rotatable bonds is 1. The number of anilines is 1. The van der Waals surface area contributed by atoms with Gasteiger partial charge >= 0.3 is 6.18 Å². The molecule has 0 N–H and O–H groups in total. The van der Waals surface area contributed by atoms with Crippen molar-refractivity contribution in [1.29, 1.82) is 0 Å². The van der Waals surface area contributed by atoms with Gasteiger partial charge in [-0.1, -0.05) is 23.8 Å². The van der Waals surface area contributed by atoms with Crippen LogP contribution in [-0.2, 0) is 15.8 Å². The first-order valence-electron chi connectivity index (χ1n) is 8.18. The molecule has 4 aliphatic rings. The van der Waals surface area contributed by atoms with Crippen LogP contribution < -0.4 is 4.90 Å². The quantitative estimate of drug-likeness (QED) is 0.554. The number of benzene rings is 1. The van der Waals surface area contributed by atoms with Crippen molar-refractivity contribution in [2.24, 2.45) is 29.1 Å². The number of carbonyl (C=O) groups excluding carboxylic acids is 2. The van der Waals surface area contributed by atoms with Gasteiger partial charge < -0.3 is 0 Å². The third kappa shape index (κ3) is 1.78. The van der Waals surface area contributed by atoms with Crippen LogP contribution in [0.5, 0.6) is 0 Å². The van der Waals surface area contributed by atoms with E-state index in [1.165, 1.54) is 6.07 Å². The maximum absolute atomic E-state index is 13.1. The third-order valence-corrected chi connectivity index (χ3v) is 6.70. The molecule has 0 aromatic heterocycles. The number of fused-ring (bicyclic) bond motifs is 3.